The summed E-state index contributed by atoms with van der Waals surface area (Å²) in [6.07, 6.45) is 0.000945. The lowest BCUT2D eigenvalue weighted by Crippen LogP contribution is -2.57. The highest BCUT2D eigenvalue weighted by molar-refractivity contribution is 5.75. The van der Waals surface area contributed by atoms with E-state index in [1.54, 1.807) is 6.92 Å². The van der Waals surface area contributed by atoms with Crippen LogP contribution in [-0.4, -0.2) is 58.3 Å². The normalized spacial score (nSPS) is 20.9. The number of amides is 2. The lowest BCUT2D eigenvalue weighted by Gasteiger charge is -2.42. The largest absolute Gasteiger partial charge is 0.480 e. The average molecular weight is 399 g/mol. The molecule has 2 unspecified atom stereocenters. The van der Waals surface area contributed by atoms with Gasteiger partial charge in [-0.25, -0.2) is 13.6 Å². The SMILES string of the molecule is CCC(NC(=O)NC1CC(N(CC)CC(=O)O)C1)C(O)c1c(F)cccc1F. The number of urea groups is 1. The van der Waals surface area contributed by atoms with Crippen molar-refractivity contribution in [3.8, 4) is 0 Å². The van der Waals surface area contributed by atoms with Crippen molar-refractivity contribution in [2.75, 3.05) is 13.1 Å². The quantitative estimate of drug-likeness (QED) is 0.509. The lowest BCUT2D eigenvalue weighted by molar-refractivity contribution is -0.139. The van der Waals surface area contributed by atoms with Crippen molar-refractivity contribution in [1.29, 1.82) is 0 Å². The first kappa shape index (κ1) is 22.0. The molecule has 2 rings (SSSR count). The summed E-state index contributed by atoms with van der Waals surface area (Å²) in [7, 11) is 0. The molecular weight excluding hydrogens is 372 g/mol. The lowest BCUT2D eigenvalue weighted by atomic mass is 9.85. The van der Waals surface area contributed by atoms with Crippen molar-refractivity contribution >= 4 is 12.0 Å². The third kappa shape index (κ3) is 5.39. The van der Waals surface area contributed by atoms with E-state index >= 15 is 0 Å². The summed E-state index contributed by atoms with van der Waals surface area (Å²) in [4.78, 5) is 24.9. The van der Waals surface area contributed by atoms with Gasteiger partial charge >= 0.3 is 12.0 Å². The fourth-order valence-corrected chi connectivity index (χ4v) is 3.47. The zero-order chi connectivity index (χ0) is 20.8. The number of halogens is 2. The molecular formula is C19H27F2N3O4. The number of carboxylic acid groups (broad SMARTS) is 1. The van der Waals surface area contributed by atoms with Crippen LogP contribution in [0.5, 0.6) is 0 Å². The number of hydrogen-bond acceptors (Lipinski definition) is 4. The highest BCUT2D eigenvalue weighted by Crippen LogP contribution is 2.27. The van der Waals surface area contributed by atoms with Crippen LogP contribution in [0.2, 0.25) is 0 Å². The molecule has 9 heteroatoms. The molecule has 0 aromatic heterocycles. The Balaban J connectivity index is 1.87. The Morgan fingerprint density at radius 2 is 1.86 bits per heavy atom. The Morgan fingerprint density at radius 1 is 1.25 bits per heavy atom. The summed E-state index contributed by atoms with van der Waals surface area (Å²) in [6, 6.07) is 1.89. The van der Waals surface area contributed by atoms with Crippen molar-refractivity contribution in [2.24, 2.45) is 0 Å². The second-order valence-corrected chi connectivity index (χ2v) is 6.99. The molecule has 0 saturated heterocycles. The van der Waals surface area contributed by atoms with Crippen molar-refractivity contribution in [2.45, 2.75) is 57.3 Å². The summed E-state index contributed by atoms with van der Waals surface area (Å²) in [6.45, 7) is 4.13. The number of likely N-dealkylation sites (N-methyl/N-ethyl adjacent to an activating group) is 1. The van der Waals surface area contributed by atoms with Gasteiger partial charge in [-0.3, -0.25) is 9.69 Å². The van der Waals surface area contributed by atoms with Gasteiger partial charge in [-0.2, -0.15) is 0 Å². The van der Waals surface area contributed by atoms with Crippen molar-refractivity contribution < 1.29 is 28.6 Å². The fourth-order valence-electron chi connectivity index (χ4n) is 3.47. The standard InChI is InChI=1S/C19H27F2N3O4/c1-3-15(18(27)17-13(20)6-5-7-14(17)21)23-19(28)22-11-8-12(9-11)24(4-2)10-16(25)26/h5-7,11-12,15,18,27H,3-4,8-10H2,1-2H3,(H,25,26)(H2,22,23,28). The Kier molecular flexibility index (Phi) is 7.70. The zero-order valence-electron chi connectivity index (χ0n) is 16.0. The Hall–Kier alpha value is -2.26. The van der Waals surface area contributed by atoms with Crippen LogP contribution >= 0.6 is 0 Å². The van der Waals surface area contributed by atoms with Crippen LogP contribution in [-0.2, 0) is 4.79 Å². The number of aliphatic hydroxyl groups is 1. The highest BCUT2D eigenvalue weighted by Gasteiger charge is 2.35. The molecule has 7 nitrogen and oxygen atoms in total. The molecule has 1 aliphatic carbocycles. The van der Waals surface area contributed by atoms with E-state index in [2.05, 4.69) is 10.6 Å². The number of nitrogens with zero attached hydrogens (tertiary/aromatic N) is 1. The van der Waals surface area contributed by atoms with E-state index in [4.69, 9.17) is 5.11 Å². The first-order valence-corrected chi connectivity index (χ1v) is 9.41. The van der Waals surface area contributed by atoms with E-state index < -0.39 is 41.3 Å². The Labute approximate surface area is 162 Å². The molecule has 1 aromatic carbocycles. The highest BCUT2D eigenvalue weighted by atomic mass is 19.1. The van der Waals surface area contributed by atoms with Gasteiger partial charge in [0, 0.05) is 12.1 Å². The fraction of sp³-hybridized carbons (Fsp3) is 0.579. The van der Waals surface area contributed by atoms with Crippen LogP contribution in [0.25, 0.3) is 0 Å². The third-order valence-electron chi connectivity index (χ3n) is 5.14. The Morgan fingerprint density at radius 3 is 2.36 bits per heavy atom. The van der Waals surface area contributed by atoms with Gasteiger partial charge in [-0.15, -0.1) is 0 Å². The van der Waals surface area contributed by atoms with Gasteiger partial charge in [0.15, 0.2) is 0 Å². The maximum absolute atomic E-state index is 13.9. The first-order chi connectivity index (χ1) is 13.3. The smallest absolute Gasteiger partial charge is 0.317 e. The first-order valence-electron chi connectivity index (χ1n) is 9.41. The van der Waals surface area contributed by atoms with Gasteiger partial charge < -0.3 is 20.8 Å². The molecule has 156 valence electrons. The van der Waals surface area contributed by atoms with Gasteiger partial charge in [0.25, 0.3) is 0 Å². The van der Waals surface area contributed by atoms with E-state index in [1.165, 1.54) is 6.07 Å². The van der Waals surface area contributed by atoms with Crippen molar-refractivity contribution in [3.05, 3.63) is 35.4 Å². The van der Waals surface area contributed by atoms with Crippen LogP contribution < -0.4 is 10.6 Å². The maximum atomic E-state index is 13.9. The second kappa shape index (κ2) is 9.79. The number of carbonyl (C=O) groups excluding carboxylic acids is 1. The van der Waals surface area contributed by atoms with E-state index in [-0.39, 0.29) is 25.0 Å². The van der Waals surface area contributed by atoms with Crippen LogP contribution in [0, 0.1) is 11.6 Å². The van der Waals surface area contributed by atoms with Crippen molar-refractivity contribution in [1.82, 2.24) is 15.5 Å². The van der Waals surface area contributed by atoms with Crippen LogP contribution in [0.3, 0.4) is 0 Å². The van der Waals surface area contributed by atoms with Gasteiger partial charge in [0.05, 0.1) is 18.2 Å². The van der Waals surface area contributed by atoms with Crippen LogP contribution in [0.1, 0.15) is 44.8 Å². The molecule has 0 bridgehead atoms. The Bertz CT molecular complexity index is 678. The molecule has 1 saturated carbocycles. The molecule has 1 aliphatic rings. The number of benzene rings is 1. The molecule has 0 aliphatic heterocycles. The van der Waals surface area contributed by atoms with Gasteiger partial charge in [0.2, 0.25) is 0 Å². The number of carbonyl (C=O) groups is 2. The second-order valence-electron chi connectivity index (χ2n) is 6.99. The molecule has 0 heterocycles. The summed E-state index contributed by atoms with van der Waals surface area (Å²) < 4.78 is 27.8. The molecule has 2 amide bonds. The van der Waals surface area contributed by atoms with E-state index in [1.807, 2.05) is 11.8 Å². The summed E-state index contributed by atoms with van der Waals surface area (Å²) >= 11 is 0. The van der Waals surface area contributed by atoms with Gasteiger partial charge in [-0.05, 0) is 37.9 Å². The minimum Gasteiger partial charge on any atom is -0.480 e. The van der Waals surface area contributed by atoms with E-state index in [0.717, 1.165) is 12.1 Å². The average Bonchev–Trinajstić information content (AvgIpc) is 2.60. The van der Waals surface area contributed by atoms with Crippen LogP contribution in [0.15, 0.2) is 18.2 Å². The number of rotatable bonds is 9. The van der Waals surface area contributed by atoms with E-state index in [0.29, 0.717) is 19.4 Å². The number of nitrogens with one attached hydrogen (secondary N) is 2. The monoisotopic (exact) mass is 399 g/mol. The number of aliphatic carboxylic acids is 1. The predicted octanol–water partition coefficient (Wildman–Crippen LogP) is 2.01. The molecule has 28 heavy (non-hydrogen) atoms. The molecule has 1 aromatic rings. The topological polar surface area (TPSA) is 102 Å². The minimum absolute atomic E-state index is 0.0433. The third-order valence-corrected chi connectivity index (χ3v) is 5.14. The summed E-state index contributed by atoms with van der Waals surface area (Å²) in [5, 5.41) is 24.6. The van der Waals surface area contributed by atoms with Crippen molar-refractivity contribution in [3.63, 3.8) is 0 Å². The number of carboxylic acids is 1. The number of hydrogen-bond donors (Lipinski definition) is 4. The molecule has 0 radical (unpaired) electrons. The van der Waals surface area contributed by atoms with Crippen LogP contribution in [0.4, 0.5) is 13.6 Å². The number of aliphatic hydroxyl groups excluding tert-OH is 1. The molecule has 2 atom stereocenters. The van der Waals surface area contributed by atoms with Gasteiger partial charge in [-0.1, -0.05) is 19.9 Å². The molecule has 0 spiro atoms. The van der Waals surface area contributed by atoms with Gasteiger partial charge in [0.1, 0.15) is 17.7 Å². The maximum Gasteiger partial charge on any atom is 0.317 e. The summed E-state index contributed by atoms with van der Waals surface area (Å²) in [5.41, 5.74) is -0.467. The minimum atomic E-state index is -1.52. The molecule has 1 fully saturated rings. The van der Waals surface area contributed by atoms with E-state index in [9.17, 15) is 23.5 Å². The zero-order valence-corrected chi connectivity index (χ0v) is 16.0. The molecule has 4 N–H and O–H groups in total. The predicted molar refractivity (Wildman–Crippen MR) is 98.8 cm³/mol. The summed E-state index contributed by atoms with van der Waals surface area (Å²) in [5.74, 6) is -2.63.